The number of imide groups is 2. The zero-order chi connectivity index (χ0) is 16.1. The SMILES string of the molecule is COc1ccc(C(=O)N/N=C/C2C(=O)NC(=O)NC2=O)cc1. The van der Waals surface area contributed by atoms with E-state index in [1.165, 1.54) is 19.2 Å². The molecule has 9 heteroatoms. The van der Waals surface area contributed by atoms with Crippen LogP contribution < -0.4 is 20.8 Å². The molecule has 0 radical (unpaired) electrons. The average Bonchev–Trinajstić information content (AvgIpc) is 2.49. The first-order valence-corrected chi connectivity index (χ1v) is 6.14. The highest BCUT2D eigenvalue weighted by atomic mass is 16.5. The van der Waals surface area contributed by atoms with Gasteiger partial charge in [-0.1, -0.05) is 0 Å². The fourth-order valence-electron chi connectivity index (χ4n) is 1.64. The number of urea groups is 1. The summed E-state index contributed by atoms with van der Waals surface area (Å²) in [4.78, 5) is 45.5. The minimum Gasteiger partial charge on any atom is -0.497 e. The zero-order valence-electron chi connectivity index (χ0n) is 11.5. The number of hydrogen-bond acceptors (Lipinski definition) is 6. The second-order valence-corrected chi connectivity index (χ2v) is 4.23. The molecule has 22 heavy (non-hydrogen) atoms. The van der Waals surface area contributed by atoms with Crippen LogP contribution in [0.15, 0.2) is 29.4 Å². The van der Waals surface area contributed by atoms with Gasteiger partial charge >= 0.3 is 6.03 Å². The minimum absolute atomic E-state index is 0.325. The molecule has 1 aliphatic heterocycles. The third-order valence-electron chi connectivity index (χ3n) is 2.78. The van der Waals surface area contributed by atoms with Gasteiger partial charge in [-0.15, -0.1) is 0 Å². The number of barbiturate groups is 1. The molecule has 3 N–H and O–H groups in total. The Labute approximate surface area is 124 Å². The van der Waals surface area contributed by atoms with Crippen LogP contribution in [-0.2, 0) is 9.59 Å². The number of benzene rings is 1. The summed E-state index contributed by atoms with van der Waals surface area (Å²) >= 11 is 0. The number of hydrazone groups is 1. The molecule has 1 aromatic carbocycles. The molecule has 114 valence electrons. The van der Waals surface area contributed by atoms with E-state index < -0.39 is 29.7 Å². The predicted octanol–water partition coefficient (Wildman–Crippen LogP) is -0.607. The first kappa shape index (κ1) is 15.2. The molecule has 5 amide bonds. The van der Waals surface area contributed by atoms with E-state index in [1.807, 2.05) is 10.6 Å². The van der Waals surface area contributed by atoms with Crippen molar-refractivity contribution in [1.82, 2.24) is 16.1 Å². The lowest BCUT2D eigenvalue weighted by atomic mass is 10.1. The van der Waals surface area contributed by atoms with E-state index in [0.717, 1.165) is 6.21 Å². The number of methoxy groups -OCH3 is 1. The summed E-state index contributed by atoms with van der Waals surface area (Å²) in [6.45, 7) is 0. The van der Waals surface area contributed by atoms with Crippen molar-refractivity contribution in [2.24, 2.45) is 11.0 Å². The molecule has 1 heterocycles. The highest BCUT2D eigenvalue weighted by Gasteiger charge is 2.32. The molecular weight excluding hydrogens is 292 g/mol. The highest BCUT2D eigenvalue weighted by molar-refractivity contribution is 6.23. The van der Waals surface area contributed by atoms with Gasteiger partial charge in [0.25, 0.3) is 5.91 Å². The molecule has 0 atom stereocenters. The number of nitrogens with zero attached hydrogens (tertiary/aromatic N) is 1. The maximum Gasteiger partial charge on any atom is 0.328 e. The summed E-state index contributed by atoms with van der Waals surface area (Å²) in [5, 5.41) is 7.38. The first-order valence-electron chi connectivity index (χ1n) is 6.14. The second kappa shape index (κ2) is 6.48. The van der Waals surface area contributed by atoms with E-state index in [9.17, 15) is 19.2 Å². The third-order valence-corrected chi connectivity index (χ3v) is 2.78. The standard InChI is InChI=1S/C13H12N4O5/c1-22-8-4-2-7(3-5-8)10(18)17-14-6-9-11(19)15-13(21)16-12(9)20/h2-6,9H,1H3,(H,17,18)(H2,15,16,19,20,21)/b14-6+. The molecule has 0 saturated carbocycles. The van der Waals surface area contributed by atoms with Gasteiger partial charge in [0, 0.05) is 11.8 Å². The third kappa shape index (κ3) is 3.45. The monoisotopic (exact) mass is 304 g/mol. The van der Waals surface area contributed by atoms with Gasteiger partial charge in [0.15, 0.2) is 5.92 Å². The van der Waals surface area contributed by atoms with Crippen molar-refractivity contribution in [2.75, 3.05) is 7.11 Å². The van der Waals surface area contributed by atoms with Crippen molar-refractivity contribution in [3.63, 3.8) is 0 Å². The molecule has 0 bridgehead atoms. The second-order valence-electron chi connectivity index (χ2n) is 4.23. The van der Waals surface area contributed by atoms with Crippen LogP contribution >= 0.6 is 0 Å². The number of rotatable bonds is 4. The topological polar surface area (TPSA) is 126 Å². The Balaban J connectivity index is 1.96. The average molecular weight is 304 g/mol. The number of carbonyl (C=O) groups excluding carboxylic acids is 4. The Morgan fingerprint density at radius 3 is 2.32 bits per heavy atom. The molecule has 0 unspecified atom stereocenters. The summed E-state index contributed by atoms with van der Waals surface area (Å²) < 4.78 is 4.96. The number of hydrogen-bond donors (Lipinski definition) is 3. The predicted molar refractivity (Wildman–Crippen MR) is 74.1 cm³/mol. The normalized spacial score (nSPS) is 15.4. The maximum absolute atomic E-state index is 11.8. The van der Waals surface area contributed by atoms with Crippen LogP contribution in [0.3, 0.4) is 0 Å². The van der Waals surface area contributed by atoms with Crippen LogP contribution in [0, 0.1) is 5.92 Å². The number of nitrogens with one attached hydrogen (secondary N) is 3. The molecular formula is C13H12N4O5. The van der Waals surface area contributed by atoms with Gasteiger partial charge in [-0.25, -0.2) is 10.2 Å². The maximum atomic E-state index is 11.8. The molecule has 0 aromatic heterocycles. The van der Waals surface area contributed by atoms with Crippen LogP contribution in [0.2, 0.25) is 0 Å². The van der Waals surface area contributed by atoms with Gasteiger partial charge < -0.3 is 4.74 Å². The number of carbonyl (C=O) groups is 4. The highest BCUT2D eigenvalue weighted by Crippen LogP contribution is 2.11. The lowest BCUT2D eigenvalue weighted by Crippen LogP contribution is -2.56. The molecule has 1 saturated heterocycles. The minimum atomic E-state index is -1.28. The van der Waals surface area contributed by atoms with Gasteiger partial charge in [0.1, 0.15) is 5.75 Å². The Hall–Kier alpha value is -3.23. The Kier molecular flexibility index (Phi) is 4.47. The lowest BCUT2D eigenvalue weighted by Gasteiger charge is -2.16. The van der Waals surface area contributed by atoms with Crippen LogP contribution in [-0.4, -0.2) is 37.1 Å². The van der Waals surface area contributed by atoms with Gasteiger partial charge in [0.2, 0.25) is 11.8 Å². The molecule has 0 aliphatic carbocycles. The van der Waals surface area contributed by atoms with Gasteiger partial charge in [-0.05, 0) is 24.3 Å². The smallest absolute Gasteiger partial charge is 0.328 e. The Bertz CT molecular complexity index is 633. The van der Waals surface area contributed by atoms with Crippen LogP contribution in [0.4, 0.5) is 4.79 Å². The van der Waals surface area contributed by atoms with E-state index in [1.54, 1.807) is 12.1 Å². The van der Waals surface area contributed by atoms with Crippen LogP contribution in [0.25, 0.3) is 0 Å². The first-order chi connectivity index (χ1) is 10.5. The summed E-state index contributed by atoms with van der Waals surface area (Å²) in [5.41, 5.74) is 2.51. The van der Waals surface area contributed by atoms with Gasteiger partial charge in [-0.2, -0.15) is 5.10 Å². The molecule has 9 nitrogen and oxygen atoms in total. The van der Waals surface area contributed by atoms with Gasteiger partial charge in [0.05, 0.1) is 7.11 Å². The van der Waals surface area contributed by atoms with Crippen LogP contribution in [0.5, 0.6) is 5.75 Å². The summed E-state index contributed by atoms with van der Waals surface area (Å²) in [6, 6.07) is 5.38. The summed E-state index contributed by atoms with van der Waals surface area (Å²) in [6.07, 6.45) is 0.943. The molecule has 1 aromatic rings. The van der Waals surface area contributed by atoms with Crippen molar-refractivity contribution >= 4 is 30.0 Å². The molecule has 2 rings (SSSR count). The van der Waals surface area contributed by atoms with Crippen molar-refractivity contribution in [1.29, 1.82) is 0 Å². The van der Waals surface area contributed by atoms with Crippen molar-refractivity contribution in [3.05, 3.63) is 29.8 Å². The Morgan fingerprint density at radius 1 is 1.18 bits per heavy atom. The fraction of sp³-hybridized carbons (Fsp3) is 0.154. The van der Waals surface area contributed by atoms with Crippen molar-refractivity contribution < 1.29 is 23.9 Å². The quantitative estimate of drug-likeness (QED) is 0.389. The number of ether oxygens (including phenoxy) is 1. The van der Waals surface area contributed by atoms with E-state index in [0.29, 0.717) is 11.3 Å². The summed E-state index contributed by atoms with van der Waals surface area (Å²) in [7, 11) is 1.50. The van der Waals surface area contributed by atoms with E-state index in [-0.39, 0.29) is 0 Å². The summed E-state index contributed by atoms with van der Waals surface area (Å²) in [5.74, 6) is -2.83. The van der Waals surface area contributed by atoms with E-state index >= 15 is 0 Å². The molecule has 1 fully saturated rings. The van der Waals surface area contributed by atoms with E-state index in [4.69, 9.17) is 4.74 Å². The van der Waals surface area contributed by atoms with Crippen LogP contribution in [0.1, 0.15) is 10.4 Å². The van der Waals surface area contributed by atoms with Gasteiger partial charge in [-0.3, -0.25) is 25.0 Å². The Morgan fingerprint density at radius 2 is 1.77 bits per heavy atom. The fourth-order valence-corrected chi connectivity index (χ4v) is 1.64. The number of amides is 5. The van der Waals surface area contributed by atoms with Crippen molar-refractivity contribution in [2.45, 2.75) is 0 Å². The largest absolute Gasteiger partial charge is 0.497 e. The van der Waals surface area contributed by atoms with Crippen molar-refractivity contribution in [3.8, 4) is 5.75 Å². The zero-order valence-corrected chi connectivity index (χ0v) is 11.5. The van der Waals surface area contributed by atoms with E-state index in [2.05, 4.69) is 10.5 Å². The lowest BCUT2D eigenvalue weighted by molar-refractivity contribution is -0.132. The molecule has 0 spiro atoms. The molecule has 1 aliphatic rings.